The van der Waals surface area contributed by atoms with E-state index >= 15 is 0 Å². The molecule has 31 heavy (non-hydrogen) atoms. The largest absolute Gasteiger partial charge is 0.466 e. The van der Waals surface area contributed by atoms with Gasteiger partial charge < -0.3 is 9.64 Å². The van der Waals surface area contributed by atoms with E-state index < -0.39 is 17.6 Å². The molecule has 0 spiro atoms. The van der Waals surface area contributed by atoms with Crippen LogP contribution in [0.5, 0.6) is 0 Å². The van der Waals surface area contributed by atoms with Crippen molar-refractivity contribution in [3.63, 3.8) is 0 Å². The molecule has 0 saturated carbocycles. The molecule has 0 bridgehead atoms. The van der Waals surface area contributed by atoms with Gasteiger partial charge in [-0.2, -0.15) is 13.2 Å². The van der Waals surface area contributed by atoms with Crippen LogP contribution in [0.25, 0.3) is 5.57 Å². The summed E-state index contributed by atoms with van der Waals surface area (Å²) in [5.74, 6) is -0.343. The van der Waals surface area contributed by atoms with Crippen molar-refractivity contribution in [3.8, 4) is 0 Å². The van der Waals surface area contributed by atoms with Crippen molar-refractivity contribution in [1.29, 1.82) is 0 Å². The van der Waals surface area contributed by atoms with E-state index in [2.05, 4.69) is 6.08 Å². The summed E-state index contributed by atoms with van der Waals surface area (Å²) in [4.78, 5) is 15.7. The van der Waals surface area contributed by atoms with Crippen LogP contribution in [-0.4, -0.2) is 28.9 Å². The van der Waals surface area contributed by atoms with Crippen molar-refractivity contribution in [1.82, 2.24) is 9.80 Å². The predicted octanol–water partition coefficient (Wildman–Crippen LogP) is 5.97. The first-order chi connectivity index (χ1) is 14.8. The van der Waals surface area contributed by atoms with Gasteiger partial charge in [0.05, 0.1) is 11.8 Å². The third-order valence-corrected chi connectivity index (χ3v) is 5.27. The highest BCUT2D eigenvalue weighted by atomic mass is 19.4. The van der Waals surface area contributed by atoms with E-state index in [9.17, 15) is 22.4 Å². The van der Waals surface area contributed by atoms with Crippen LogP contribution in [0.2, 0.25) is 0 Å². The van der Waals surface area contributed by atoms with Crippen LogP contribution in [0.15, 0.2) is 72.5 Å². The molecule has 162 valence electrons. The summed E-state index contributed by atoms with van der Waals surface area (Å²) in [5.41, 5.74) is 0.366. The SMILES string of the molecule is O=C(N1C=COC(CC2=CC=CCC2)=C1)N1CC=C(c2ccc(F)cc2C(F)(F)F)C1. The zero-order valence-electron chi connectivity index (χ0n) is 16.5. The van der Waals surface area contributed by atoms with Gasteiger partial charge in [-0.15, -0.1) is 0 Å². The molecule has 2 heterocycles. The molecule has 2 aliphatic heterocycles. The minimum Gasteiger partial charge on any atom is -0.466 e. The Kier molecular flexibility index (Phi) is 5.71. The molecule has 0 radical (unpaired) electrons. The molecule has 3 aliphatic rings. The maximum absolute atomic E-state index is 13.4. The summed E-state index contributed by atoms with van der Waals surface area (Å²) < 4.78 is 58.9. The lowest BCUT2D eigenvalue weighted by molar-refractivity contribution is -0.138. The lowest BCUT2D eigenvalue weighted by Crippen LogP contribution is -2.37. The number of alkyl halides is 3. The van der Waals surface area contributed by atoms with Crippen LogP contribution in [0.1, 0.15) is 30.4 Å². The van der Waals surface area contributed by atoms with Crippen molar-refractivity contribution in [3.05, 3.63) is 89.4 Å². The van der Waals surface area contributed by atoms with Crippen molar-refractivity contribution in [2.24, 2.45) is 0 Å². The molecule has 1 aromatic rings. The first-order valence-electron chi connectivity index (χ1n) is 9.83. The normalized spacial score (nSPS) is 18.5. The molecule has 8 heteroatoms. The topological polar surface area (TPSA) is 32.8 Å². The van der Waals surface area contributed by atoms with E-state index in [1.807, 2.05) is 12.2 Å². The summed E-state index contributed by atoms with van der Waals surface area (Å²) >= 11 is 0. The summed E-state index contributed by atoms with van der Waals surface area (Å²) in [6.07, 6.45) is 9.91. The van der Waals surface area contributed by atoms with Crippen molar-refractivity contribution >= 4 is 11.6 Å². The van der Waals surface area contributed by atoms with Gasteiger partial charge in [0, 0.05) is 25.7 Å². The minimum absolute atomic E-state index is 0.00212. The first-order valence-corrected chi connectivity index (χ1v) is 9.83. The Labute approximate surface area is 177 Å². The van der Waals surface area contributed by atoms with E-state index in [0.29, 0.717) is 23.8 Å². The minimum atomic E-state index is -4.69. The fraction of sp³-hybridized carbons (Fsp3) is 0.261. The molecule has 0 saturated heterocycles. The highest BCUT2D eigenvalue weighted by Gasteiger charge is 2.36. The predicted molar refractivity (Wildman–Crippen MR) is 108 cm³/mol. The maximum Gasteiger partial charge on any atom is 0.417 e. The number of amides is 2. The second-order valence-corrected chi connectivity index (χ2v) is 7.45. The van der Waals surface area contributed by atoms with E-state index in [4.69, 9.17) is 4.74 Å². The Morgan fingerprint density at radius 1 is 1.23 bits per heavy atom. The van der Waals surface area contributed by atoms with E-state index in [-0.39, 0.29) is 24.7 Å². The number of nitrogens with zero attached hydrogens (tertiary/aromatic N) is 2. The summed E-state index contributed by atoms with van der Waals surface area (Å²) in [7, 11) is 0. The number of ether oxygens (including phenoxy) is 1. The number of hydrogen-bond donors (Lipinski definition) is 0. The first kappa shape index (κ1) is 21.0. The van der Waals surface area contributed by atoms with Crippen LogP contribution in [-0.2, 0) is 10.9 Å². The third-order valence-electron chi connectivity index (χ3n) is 5.27. The highest BCUT2D eigenvalue weighted by molar-refractivity contribution is 5.83. The van der Waals surface area contributed by atoms with Crippen molar-refractivity contribution < 1.29 is 27.1 Å². The Bertz CT molecular complexity index is 1030. The number of benzene rings is 1. The van der Waals surface area contributed by atoms with E-state index in [1.165, 1.54) is 27.8 Å². The average molecular weight is 432 g/mol. The molecule has 4 rings (SSSR count). The lowest BCUT2D eigenvalue weighted by atomic mass is 9.99. The van der Waals surface area contributed by atoms with Gasteiger partial charge >= 0.3 is 12.2 Å². The van der Waals surface area contributed by atoms with Gasteiger partial charge in [0.2, 0.25) is 0 Å². The van der Waals surface area contributed by atoms with Crippen LogP contribution in [0.3, 0.4) is 0 Å². The van der Waals surface area contributed by atoms with E-state index in [0.717, 1.165) is 25.0 Å². The van der Waals surface area contributed by atoms with Crippen LogP contribution in [0, 0.1) is 5.82 Å². The van der Waals surface area contributed by atoms with Crippen LogP contribution in [0.4, 0.5) is 22.4 Å². The molecule has 0 fully saturated rings. The Morgan fingerprint density at radius 3 is 2.81 bits per heavy atom. The Morgan fingerprint density at radius 2 is 2.06 bits per heavy atom. The molecule has 0 N–H and O–H groups in total. The van der Waals surface area contributed by atoms with Gasteiger partial charge in [0.1, 0.15) is 17.8 Å². The van der Waals surface area contributed by atoms with Gasteiger partial charge in [0.25, 0.3) is 0 Å². The fourth-order valence-corrected chi connectivity index (χ4v) is 3.73. The number of halogens is 4. The molecule has 4 nitrogen and oxygen atoms in total. The summed E-state index contributed by atoms with van der Waals surface area (Å²) in [6, 6.07) is 2.20. The van der Waals surface area contributed by atoms with Gasteiger partial charge in [0.15, 0.2) is 0 Å². The monoisotopic (exact) mass is 432 g/mol. The molecular formula is C23H20F4N2O2. The standard InChI is InChI=1S/C23H20F4N2O2/c24-18-6-7-20(21(13-18)23(25,26)27)17-8-9-28(14-17)22(30)29-10-11-31-19(15-29)12-16-4-2-1-3-5-16/h1-2,4,6-8,10-11,13,15H,3,5,9,12,14H2. The summed E-state index contributed by atoms with van der Waals surface area (Å²) in [6.45, 7) is 0.158. The van der Waals surface area contributed by atoms with Gasteiger partial charge in [-0.25, -0.2) is 9.18 Å². The average Bonchev–Trinajstić information content (AvgIpc) is 3.23. The Balaban J connectivity index is 1.46. The van der Waals surface area contributed by atoms with Gasteiger partial charge in [-0.05, 0) is 36.1 Å². The molecule has 1 aromatic carbocycles. The molecule has 0 aromatic heterocycles. The number of carbonyl (C=O) groups excluding carboxylic acids is 1. The zero-order valence-corrected chi connectivity index (χ0v) is 16.5. The number of rotatable bonds is 3. The number of allylic oxidation sites excluding steroid dienone is 4. The molecule has 0 unspecified atom stereocenters. The second kappa shape index (κ2) is 8.45. The van der Waals surface area contributed by atoms with E-state index in [1.54, 1.807) is 12.3 Å². The molecule has 2 amide bonds. The molecule has 1 aliphatic carbocycles. The van der Waals surface area contributed by atoms with Crippen LogP contribution >= 0.6 is 0 Å². The summed E-state index contributed by atoms with van der Waals surface area (Å²) in [5, 5.41) is 0. The van der Waals surface area contributed by atoms with Gasteiger partial charge in [-0.1, -0.05) is 35.9 Å². The van der Waals surface area contributed by atoms with Gasteiger partial charge in [-0.3, -0.25) is 4.90 Å². The van der Waals surface area contributed by atoms with Crippen molar-refractivity contribution in [2.45, 2.75) is 25.4 Å². The van der Waals surface area contributed by atoms with Crippen LogP contribution < -0.4 is 0 Å². The fourth-order valence-electron chi connectivity index (χ4n) is 3.73. The quantitative estimate of drug-likeness (QED) is 0.551. The maximum atomic E-state index is 13.4. The smallest absolute Gasteiger partial charge is 0.417 e. The highest BCUT2D eigenvalue weighted by Crippen LogP contribution is 2.37. The number of carbonyl (C=O) groups is 1. The number of hydrogen-bond acceptors (Lipinski definition) is 2. The Hall–Kier alpha value is -3.29. The van der Waals surface area contributed by atoms with Crippen molar-refractivity contribution in [2.75, 3.05) is 13.1 Å². The lowest BCUT2D eigenvalue weighted by Gasteiger charge is -2.26. The molecule has 0 atom stereocenters. The second-order valence-electron chi connectivity index (χ2n) is 7.45. The number of urea groups is 1. The third kappa shape index (κ3) is 4.73. The zero-order chi connectivity index (χ0) is 22.0. The molecular weight excluding hydrogens is 412 g/mol.